The Morgan fingerprint density at radius 3 is 2.53 bits per heavy atom. The second-order valence-corrected chi connectivity index (χ2v) is 4.71. The number of rotatable bonds is 4. The lowest BCUT2D eigenvalue weighted by Crippen LogP contribution is -2.24. The maximum absolute atomic E-state index is 4.58. The van der Waals surface area contributed by atoms with Gasteiger partial charge in [0.2, 0.25) is 0 Å². The third-order valence-corrected chi connectivity index (χ3v) is 3.32. The Balaban J connectivity index is 1.96. The zero-order valence-corrected chi connectivity index (χ0v) is 10.8. The predicted octanol–water partition coefficient (Wildman–Crippen LogP) is 2.57. The van der Waals surface area contributed by atoms with Crippen LogP contribution in [-0.4, -0.2) is 24.6 Å². The molecule has 1 N–H and O–H groups in total. The molecule has 1 aliphatic rings. The largest absolute Gasteiger partial charge is 0.357 e. The van der Waals surface area contributed by atoms with Crippen LogP contribution in [-0.2, 0) is 6.54 Å². The number of nitrogens with one attached hydrogen (secondary N) is 1. The van der Waals surface area contributed by atoms with E-state index in [0.717, 1.165) is 18.9 Å². The van der Waals surface area contributed by atoms with Gasteiger partial charge in [-0.25, -0.2) is 4.98 Å². The van der Waals surface area contributed by atoms with E-state index in [9.17, 15) is 0 Å². The maximum Gasteiger partial charge on any atom is 0.128 e. The molecule has 0 unspecified atom stereocenters. The molecule has 1 fully saturated rings. The molecule has 0 atom stereocenters. The highest BCUT2D eigenvalue weighted by molar-refractivity contribution is 5.39. The van der Waals surface area contributed by atoms with Crippen LogP contribution >= 0.6 is 0 Å². The van der Waals surface area contributed by atoms with Crippen LogP contribution in [0.4, 0.5) is 5.82 Å². The van der Waals surface area contributed by atoms with Gasteiger partial charge >= 0.3 is 0 Å². The van der Waals surface area contributed by atoms with Crippen LogP contribution in [0.5, 0.6) is 0 Å². The lowest BCUT2D eigenvalue weighted by Gasteiger charge is -2.21. The minimum absolute atomic E-state index is 0.920. The Hall–Kier alpha value is -1.09. The monoisotopic (exact) mass is 233 g/mol. The van der Waals surface area contributed by atoms with Crippen LogP contribution in [0.2, 0.25) is 0 Å². The summed E-state index contributed by atoms with van der Waals surface area (Å²) in [7, 11) is 0. The highest BCUT2D eigenvalue weighted by atomic mass is 15.2. The van der Waals surface area contributed by atoms with Crippen molar-refractivity contribution in [1.29, 1.82) is 0 Å². The number of anilines is 1. The minimum Gasteiger partial charge on any atom is -0.357 e. The minimum atomic E-state index is 0.920. The SMILES string of the molecule is CCNCc1ccc(N2CCCCCC2)nc1. The summed E-state index contributed by atoms with van der Waals surface area (Å²) in [5.41, 5.74) is 1.27. The van der Waals surface area contributed by atoms with Gasteiger partial charge in [-0.2, -0.15) is 0 Å². The van der Waals surface area contributed by atoms with Gasteiger partial charge in [-0.1, -0.05) is 25.8 Å². The average molecular weight is 233 g/mol. The van der Waals surface area contributed by atoms with Crippen molar-refractivity contribution in [3.05, 3.63) is 23.9 Å². The van der Waals surface area contributed by atoms with Gasteiger partial charge in [0, 0.05) is 25.8 Å². The van der Waals surface area contributed by atoms with E-state index in [1.807, 2.05) is 6.20 Å². The molecular weight excluding hydrogens is 210 g/mol. The van der Waals surface area contributed by atoms with E-state index >= 15 is 0 Å². The molecule has 1 aromatic heterocycles. The standard InChI is InChI=1S/C14H23N3/c1-2-15-11-13-7-8-14(16-12-13)17-9-5-3-4-6-10-17/h7-8,12,15H,2-6,9-11H2,1H3. The molecule has 0 aliphatic carbocycles. The highest BCUT2D eigenvalue weighted by Crippen LogP contribution is 2.17. The van der Waals surface area contributed by atoms with Crippen molar-refractivity contribution >= 4 is 5.82 Å². The van der Waals surface area contributed by atoms with Crippen molar-refractivity contribution in [3.63, 3.8) is 0 Å². The van der Waals surface area contributed by atoms with Crippen LogP contribution in [0, 0.1) is 0 Å². The first-order valence-electron chi connectivity index (χ1n) is 6.80. The van der Waals surface area contributed by atoms with Gasteiger partial charge in [-0.15, -0.1) is 0 Å². The van der Waals surface area contributed by atoms with E-state index in [2.05, 4.69) is 34.3 Å². The van der Waals surface area contributed by atoms with Gasteiger partial charge in [0.05, 0.1) is 0 Å². The maximum atomic E-state index is 4.58. The second-order valence-electron chi connectivity index (χ2n) is 4.71. The third kappa shape index (κ3) is 3.70. The second kappa shape index (κ2) is 6.60. The smallest absolute Gasteiger partial charge is 0.128 e. The third-order valence-electron chi connectivity index (χ3n) is 3.32. The van der Waals surface area contributed by atoms with Crippen LogP contribution in [0.15, 0.2) is 18.3 Å². The molecule has 1 saturated heterocycles. The molecule has 0 saturated carbocycles. The summed E-state index contributed by atoms with van der Waals surface area (Å²) in [4.78, 5) is 7.00. The average Bonchev–Trinajstić information content (AvgIpc) is 2.66. The Morgan fingerprint density at radius 2 is 1.94 bits per heavy atom. The molecule has 94 valence electrons. The lowest BCUT2D eigenvalue weighted by atomic mass is 10.2. The zero-order valence-electron chi connectivity index (χ0n) is 10.8. The van der Waals surface area contributed by atoms with Gasteiger partial charge in [0.25, 0.3) is 0 Å². The fourth-order valence-electron chi connectivity index (χ4n) is 2.28. The summed E-state index contributed by atoms with van der Waals surface area (Å²) in [5, 5.41) is 3.32. The van der Waals surface area contributed by atoms with Crippen LogP contribution < -0.4 is 10.2 Å². The summed E-state index contributed by atoms with van der Waals surface area (Å²) in [5.74, 6) is 1.15. The van der Waals surface area contributed by atoms with Crippen molar-refractivity contribution in [2.45, 2.75) is 39.2 Å². The van der Waals surface area contributed by atoms with Gasteiger partial charge in [-0.05, 0) is 31.0 Å². The number of hydrogen-bond donors (Lipinski definition) is 1. The van der Waals surface area contributed by atoms with E-state index in [0.29, 0.717) is 0 Å². The molecule has 0 aromatic carbocycles. The first kappa shape index (κ1) is 12.4. The summed E-state index contributed by atoms with van der Waals surface area (Å²) in [6, 6.07) is 4.36. The number of hydrogen-bond acceptors (Lipinski definition) is 3. The predicted molar refractivity (Wildman–Crippen MR) is 72.3 cm³/mol. The van der Waals surface area contributed by atoms with E-state index in [4.69, 9.17) is 0 Å². The molecule has 2 rings (SSSR count). The molecule has 3 nitrogen and oxygen atoms in total. The van der Waals surface area contributed by atoms with Crippen LogP contribution in [0.1, 0.15) is 38.2 Å². The number of nitrogens with zero attached hydrogens (tertiary/aromatic N) is 2. The molecule has 1 aliphatic heterocycles. The zero-order chi connectivity index (χ0) is 11.9. The molecule has 0 spiro atoms. The van der Waals surface area contributed by atoms with E-state index < -0.39 is 0 Å². The highest BCUT2D eigenvalue weighted by Gasteiger charge is 2.10. The van der Waals surface area contributed by atoms with Gasteiger partial charge in [0.1, 0.15) is 5.82 Å². The Morgan fingerprint density at radius 1 is 1.18 bits per heavy atom. The first-order chi connectivity index (χ1) is 8.40. The molecule has 0 radical (unpaired) electrons. The summed E-state index contributed by atoms with van der Waals surface area (Å²) in [6.45, 7) is 6.38. The summed E-state index contributed by atoms with van der Waals surface area (Å²) >= 11 is 0. The van der Waals surface area contributed by atoms with Crippen LogP contribution in [0.3, 0.4) is 0 Å². The first-order valence-corrected chi connectivity index (χ1v) is 6.80. The fraction of sp³-hybridized carbons (Fsp3) is 0.643. The van der Waals surface area contributed by atoms with Gasteiger partial charge < -0.3 is 10.2 Å². The molecular formula is C14H23N3. The molecule has 1 aromatic rings. The van der Waals surface area contributed by atoms with Crippen molar-refractivity contribution in [2.24, 2.45) is 0 Å². The Labute approximate surface area is 104 Å². The Kier molecular flexibility index (Phi) is 4.80. The lowest BCUT2D eigenvalue weighted by molar-refractivity contribution is 0.722. The number of pyridine rings is 1. The molecule has 0 bridgehead atoms. The topological polar surface area (TPSA) is 28.2 Å². The van der Waals surface area contributed by atoms with Gasteiger partial charge in [-0.3, -0.25) is 0 Å². The van der Waals surface area contributed by atoms with E-state index in [1.54, 1.807) is 0 Å². The van der Waals surface area contributed by atoms with Crippen molar-refractivity contribution in [3.8, 4) is 0 Å². The molecule has 3 heteroatoms. The Bertz CT molecular complexity index is 313. The molecule has 17 heavy (non-hydrogen) atoms. The molecule has 2 heterocycles. The van der Waals surface area contributed by atoms with Crippen molar-refractivity contribution in [2.75, 3.05) is 24.5 Å². The van der Waals surface area contributed by atoms with Crippen molar-refractivity contribution in [1.82, 2.24) is 10.3 Å². The summed E-state index contributed by atoms with van der Waals surface area (Å²) < 4.78 is 0. The van der Waals surface area contributed by atoms with E-state index in [-0.39, 0.29) is 0 Å². The normalized spacial score (nSPS) is 16.9. The fourth-order valence-corrected chi connectivity index (χ4v) is 2.28. The van der Waals surface area contributed by atoms with E-state index in [1.165, 1.54) is 44.3 Å². The van der Waals surface area contributed by atoms with Crippen LogP contribution in [0.25, 0.3) is 0 Å². The molecule has 0 amide bonds. The number of aromatic nitrogens is 1. The van der Waals surface area contributed by atoms with Crippen molar-refractivity contribution < 1.29 is 0 Å². The quantitative estimate of drug-likeness (QED) is 0.866. The summed E-state index contributed by atoms with van der Waals surface area (Å²) in [6.07, 6.45) is 7.36. The van der Waals surface area contributed by atoms with Gasteiger partial charge in [0.15, 0.2) is 0 Å².